The molecule has 2 rings (SSSR count). The molecule has 0 bridgehead atoms. The number of nitrogens with one attached hydrogen (secondary N) is 1. The quantitative estimate of drug-likeness (QED) is 0.528. The zero-order valence-corrected chi connectivity index (χ0v) is 7.58. The van der Waals surface area contributed by atoms with Gasteiger partial charge in [0.25, 0.3) is 5.56 Å². The third-order valence-corrected chi connectivity index (χ3v) is 1.92. The molecule has 0 saturated heterocycles. The number of nitrogens with zero attached hydrogens (tertiary/aromatic N) is 3. The summed E-state index contributed by atoms with van der Waals surface area (Å²) in [5.74, 6) is -1.97. The first-order valence-corrected chi connectivity index (χ1v) is 3.99. The number of hydrogen-bond acceptors (Lipinski definition) is 5. The minimum Gasteiger partial charge on any atom is -0.477 e. The highest BCUT2D eigenvalue weighted by Crippen LogP contribution is 2.11. The Bertz CT molecular complexity index is 654. The van der Waals surface area contributed by atoms with Crippen molar-refractivity contribution in [2.24, 2.45) is 0 Å². The number of nitro groups is 1. The van der Waals surface area contributed by atoms with Gasteiger partial charge in [0.05, 0.1) is 0 Å². The molecule has 0 aliphatic heterocycles. The highest BCUT2D eigenvalue weighted by molar-refractivity contribution is 5.87. The Morgan fingerprint density at radius 3 is 2.88 bits per heavy atom. The van der Waals surface area contributed by atoms with Crippen LogP contribution in [0.1, 0.15) is 10.4 Å². The van der Waals surface area contributed by atoms with Crippen LogP contribution in [0.3, 0.4) is 0 Å². The van der Waals surface area contributed by atoms with Crippen LogP contribution in [-0.2, 0) is 0 Å². The molecule has 0 aliphatic rings. The van der Waals surface area contributed by atoms with Crippen LogP contribution in [0.15, 0.2) is 17.2 Å². The maximum atomic E-state index is 11.2. The van der Waals surface area contributed by atoms with E-state index >= 15 is 0 Å². The van der Waals surface area contributed by atoms with Gasteiger partial charge in [0.2, 0.25) is 0 Å². The lowest BCUT2D eigenvalue weighted by Gasteiger charge is -1.94. The van der Waals surface area contributed by atoms with E-state index < -0.39 is 27.8 Å². The fraction of sp³-hybridized carbons (Fsp3) is 0. The van der Waals surface area contributed by atoms with Gasteiger partial charge >= 0.3 is 17.6 Å². The fourth-order valence-corrected chi connectivity index (χ4v) is 1.22. The molecule has 2 aromatic rings. The molecule has 0 spiro atoms. The normalized spacial score (nSPS) is 10.5. The van der Waals surface area contributed by atoms with Gasteiger partial charge in [-0.05, 0) is 4.92 Å². The number of hydrogen-bond donors (Lipinski definition) is 2. The van der Waals surface area contributed by atoms with E-state index in [4.69, 9.17) is 5.11 Å². The van der Waals surface area contributed by atoms with E-state index in [1.165, 1.54) is 0 Å². The van der Waals surface area contributed by atoms with Crippen LogP contribution in [0, 0.1) is 10.1 Å². The molecule has 82 valence electrons. The summed E-state index contributed by atoms with van der Waals surface area (Å²) in [5, 5.41) is 19.2. The number of carboxylic acids is 1. The number of aromatic amines is 1. The van der Waals surface area contributed by atoms with E-state index in [2.05, 4.69) is 9.97 Å². The second kappa shape index (κ2) is 3.15. The molecule has 0 fully saturated rings. The molecule has 0 aromatic carbocycles. The topological polar surface area (TPSA) is 131 Å². The molecule has 2 aromatic heterocycles. The maximum Gasteiger partial charge on any atom is 0.349 e. The first-order chi connectivity index (χ1) is 7.50. The van der Waals surface area contributed by atoms with Gasteiger partial charge in [0.1, 0.15) is 12.4 Å². The number of H-pyrrole nitrogens is 1. The van der Waals surface area contributed by atoms with Crippen molar-refractivity contribution in [2.45, 2.75) is 0 Å². The number of aromatic nitrogens is 3. The Balaban J connectivity index is 2.84. The van der Waals surface area contributed by atoms with Gasteiger partial charge in [-0.25, -0.2) is 4.79 Å². The fourth-order valence-electron chi connectivity index (χ4n) is 1.22. The van der Waals surface area contributed by atoms with Crippen molar-refractivity contribution in [1.82, 2.24) is 14.4 Å². The molecule has 0 unspecified atom stereocenters. The molecule has 2 heterocycles. The maximum absolute atomic E-state index is 11.2. The van der Waals surface area contributed by atoms with Crippen molar-refractivity contribution < 1.29 is 14.8 Å². The van der Waals surface area contributed by atoms with E-state index in [0.717, 1.165) is 16.8 Å². The van der Waals surface area contributed by atoms with Crippen molar-refractivity contribution >= 4 is 17.6 Å². The summed E-state index contributed by atoms with van der Waals surface area (Å²) < 4.78 is 0.894. The molecule has 0 amide bonds. The zero-order valence-electron chi connectivity index (χ0n) is 7.58. The van der Waals surface area contributed by atoms with Crippen LogP contribution < -0.4 is 5.56 Å². The first-order valence-electron chi connectivity index (χ1n) is 3.99. The van der Waals surface area contributed by atoms with E-state index in [1.54, 1.807) is 0 Å². The Morgan fingerprint density at radius 2 is 2.31 bits per heavy atom. The number of carbonyl (C=O) groups is 1. The van der Waals surface area contributed by atoms with Crippen LogP contribution >= 0.6 is 0 Å². The highest BCUT2D eigenvalue weighted by atomic mass is 16.6. The average Bonchev–Trinajstić information content (AvgIpc) is 2.58. The van der Waals surface area contributed by atoms with Gasteiger partial charge in [-0.3, -0.25) is 9.78 Å². The molecule has 0 atom stereocenters. The van der Waals surface area contributed by atoms with E-state index in [-0.39, 0.29) is 5.78 Å². The van der Waals surface area contributed by atoms with E-state index in [1.807, 2.05) is 0 Å². The van der Waals surface area contributed by atoms with Crippen LogP contribution in [0.5, 0.6) is 0 Å². The van der Waals surface area contributed by atoms with E-state index in [9.17, 15) is 19.7 Å². The molecule has 9 nitrogen and oxygen atoms in total. The van der Waals surface area contributed by atoms with Crippen molar-refractivity contribution in [3.63, 3.8) is 0 Å². The molecule has 2 N–H and O–H groups in total. The SMILES string of the molecule is O=C(O)c1cn2c([N+](=O)[O-])cnc2[nH]c1=O. The number of imidazole rings is 1. The minimum absolute atomic E-state index is 0.0818. The number of rotatable bonds is 2. The van der Waals surface area contributed by atoms with Crippen molar-refractivity contribution in [3.8, 4) is 0 Å². The monoisotopic (exact) mass is 224 g/mol. The molecule has 9 heteroatoms. The lowest BCUT2D eigenvalue weighted by molar-refractivity contribution is -0.390. The summed E-state index contributed by atoms with van der Waals surface area (Å²) in [7, 11) is 0. The average molecular weight is 224 g/mol. The standard InChI is InChI=1S/C7H4N4O5/c12-5-3(6(13)14)2-10-4(11(15)16)1-8-7(10)9-5/h1-2H,(H,13,14)(H,8,9,12). The largest absolute Gasteiger partial charge is 0.477 e. The molecular formula is C7H4N4O5. The predicted octanol–water partition coefficient (Wildman–Crippen LogP) is -0.371. The Morgan fingerprint density at radius 1 is 1.62 bits per heavy atom. The number of fused-ring (bicyclic) bond motifs is 1. The highest BCUT2D eigenvalue weighted by Gasteiger charge is 2.19. The number of carboxylic acid groups (broad SMARTS) is 1. The van der Waals surface area contributed by atoms with Gasteiger partial charge < -0.3 is 15.2 Å². The lowest BCUT2D eigenvalue weighted by Crippen LogP contribution is -2.19. The summed E-state index contributed by atoms with van der Waals surface area (Å²) in [4.78, 5) is 37.4. The van der Waals surface area contributed by atoms with Gasteiger partial charge in [-0.15, -0.1) is 0 Å². The summed E-state index contributed by atoms with van der Waals surface area (Å²) in [6.45, 7) is 0. The van der Waals surface area contributed by atoms with Gasteiger partial charge in [-0.2, -0.15) is 9.38 Å². The lowest BCUT2D eigenvalue weighted by atomic mass is 10.3. The van der Waals surface area contributed by atoms with Crippen LogP contribution in [0.2, 0.25) is 0 Å². The second-order valence-corrected chi connectivity index (χ2v) is 2.87. The third kappa shape index (κ3) is 1.30. The smallest absolute Gasteiger partial charge is 0.349 e. The third-order valence-electron chi connectivity index (χ3n) is 1.92. The van der Waals surface area contributed by atoms with Gasteiger partial charge in [-0.1, -0.05) is 0 Å². The van der Waals surface area contributed by atoms with Crippen molar-refractivity contribution in [1.29, 1.82) is 0 Å². The van der Waals surface area contributed by atoms with Crippen LogP contribution in [0.4, 0.5) is 5.82 Å². The predicted molar refractivity (Wildman–Crippen MR) is 49.4 cm³/mol. The Labute approximate surface area is 86.1 Å². The molecule has 0 radical (unpaired) electrons. The Hall–Kier alpha value is -2.71. The minimum atomic E-state index is -1.47. The van der Waals surface area contributed by atoms with Crippen LogP contribution in [-0.4, -0.2) is 30.4 Å². The summed E-state index contributed by atoms with van der Waals surface area (Å²) in [6.07, 6.45) is 1.79. The molecular weight excluding hydrogens is 220 g/mol. The van der Waals surface area contributed by atoms with Gasteiger partial charge in [0, 0.05) is 0 Å². The molecule has 0 aliphatic carbocycles. The number of aromatic carboxylic acids is 1. The van der Waals surface area contributed by atoms with Crippen molar-refractivity contribution in [2.75, 3.05) is 0 Å². The second-order valence-electron chi connectivity index (χ2n) is 2.87. The summed E-state index contributed by atoms with van der Waals surface area (Å²) in [5.41, 5.74) is -1.45. The molecule has 16 heavy (non-hydrogen) atoms. The summed E-state index contributed by atoms with van der Waals surface area (Å²) >= 11 is 0. The summed E-state index contributed by atoms with van der Waals surface area (Å²) in [6, 6.07) is 0. The zero-order chi connectivity index (χ0) is 11.9. The molecule has 0 saturated carbocycles. The van der Waals surface area contributed by atoms with Gasteiger partial charge in [0.15, 0.2) is 5.56 Å². The Kier molecular flexibility index (Phi) is 1.94. The van der Waals surface area contributed by atoms with Crippen molar-refractivity contribution in [3.05, 3.63) is 38.4 Å². The van der Waals surface area contributed by atoms with Crippen LogP contribution in [0.25, 0.3) is 5.78 Å². The van der Waals surface area contributed by atoms with E-state index in [0.29, 0.717) is 0 Å². The first kappa shape index (κ1) is 9.83.